The van der Waals surface area contributed by atoms with E-state index < -0.39 is 11.7 Å². The van der Waals surface area contributed by atoms with Crippen molar-refractivity contribution in [2.75, 3.05) is 28.2 Å². The van der Waals surface area contributed by atoms with Crippen LogP contribution < -0.4 is 15.1 Å². The fourth-order valence-corrected chi connectivity index (χ4v) is 3.05. The van der Waals surface area contributed by atoms with E-state index in [1.54, 1.807) is 21.9 Å². The number of anilines is 3. The summed E-state index contributed by atoms with van der Waals surface area (Å²) in [5, 5.41) is 2.67. The molecule has 4 rings (SSSR count). The highest BCUT2D eigenvalue weighted by Gasteiger charge is 2.31. The first-order chi connectivity index (χ1) is 13.6. The van der Waals surface area contributed by atoms with Crippen LogP contribution in [0.15, 0.2) is 72.9 Å². The number of halogens is 1. The summed E-state index contributed by atoms with van der Waals surface area (Å²) in [6, 6.07) is 18.1. The smallest absolute Gasteiger partial charge is 0.321 e. The molecule has 6 nitrogen and oxygen atoms in total. The van der Waals surface area contributed by atoms with Gasteiger partial charge in [-0.1, -0.05) is 24.3 Å². The Morgan fingerprint density at radius 3 is 2.46 bits per heavy atom. The van der Waals surface area contributed by atoms with Gasteiger partial charge in [0, 0.05) is 24.3 Å². The summed E-state index contributed by atoms with van der Waals surface area (Å²) in [6.45, 7) is 1.10. The number of hydrogen-bond acceptors (Lipinski definition) is 3. The van der Waals surface area contributed by atoms with Crippen LogP contribution in [-0.2, 0) is 0 Å². The molecule has 1 aliphatic rings. The van der Waals surface area contributed by atoms with E-state index in [0.29, 0.717) is 24.6 Å². The van der Waals surface area contributed by atoms with Gasteiger partial charge in [-0.3, -0.25) is 14.6 Å². The molecule has 28 heavy (non-hydrogen) atoms. The van der Waals surface area contributed by atoms with Crippen LogP contribution in [0.2, 0.25) is 0 Å². The SMILES string of the molecule is O=C(Nc1ccc(N2CCN(c3ccccc3)C2=O)nc1)c1cccc(F)c1. The minimum Gasteiger partial charge on any atom is -0.321 e. The van der Waals surface area contributed by atoms with Crippen LogP contribution in [0.4, 0.5) is 26.4 Å². The van der Waals surface area contributed by atoms with Crippen molar-refractivity contribution in [3.05, 3.63) is 84.3 Å². The van der Waals surface area contributed by atoms with E-state index >= 15 is 0 Å². The van der Waals surface area contributed by atoms with Gasteiger partial charge in [0.25, 0.3) is 5.91 Å². The molecule has 0 radical (unpaired) electrons. The monoisotopic (exact) mass is 376 g/mol. The van der Waals surface area contributed by atoms with Crippen molar-refractivity contribution in [2.24, 2.45) is 0 Å². The Morgan fingerprint density at radius 2 is 1.75 bits per heavy atom. The summed E-state index contributed by atoms with van der Waals surface area (Å²) in [5.74, 6) is -0.398. The molecule has 1 aromatic heterocycles. The molecule has 0 atom stereocenters. The fourth-order valence-electron chi connectivity index (χ4n) is 3.05. The molecular formula is C21H17FN4O2. The van der Waals surface area contributed by atoms with Crippen molar-refractivity contribution in [3.8, 4) is 0 Å². The number of pyridine rings is 1. The molecule has 0 unspecified atom stereocenters. The third kappa shape index (κ3) is 3.55. The van der Waals surface area contributed by atoms with Crippen molar-refractivity contribution in [2.45, 2.75) is 0 Å². The summed E-state index contributed by atoms with van der Waals surface area (Å²) in [4.78, 5) is 32.5. The van der Waals surface area contributed by atoms with Gasteiger partial charge >= 0.3 is 6.03 Å². The van der Waals surface area contributed by atoms with Gasteiger partial charge in [-0.2, -0.15) is 0 Å². The highest BCUT2D eigenvalue weighted by Crippen LogP contribution is 2.24. The topological polar surface area (TPSA) is 65.5 Å². The van der Waals surface area contributed by atoms with Crippen LogP contribution in [-0.4, -0.2) is 30.0 Å². The standard InChI is InChI=1S/C21H17FN4O2/c22-16-6-4-5-15(13-16)20(27)24-17-9-10-19(23-14-17)26-12-11-25(21(26)28)18-7-2-1-3-8-18/h1-10,13-14H,11-12H2,(H,24,27). The van der Waals surface area contributed by atoms with Crippen molar-refractivity contribution >= 4 is 29.1 Å². The average Bonchev–Trinajstić information content (AvgIpc) is 3.10. The van der Waals surface area contributed by atoms with Crippen molar-refractivity contribution in [1.29, 1.82) is 0 Å². The van der Waals surface area contributed by atoms with Crippen LogP contribution in [0, 0.1) is 5.82 Å². The molecule has 3 amide bonds. The van der Waals surface area contributed by atoms with Crippen LogP contribution in [0.25, 0.3) is 0 Å². The molecule has 3 aromatic rings. The molecule has 7 heteroatoms. The van der Waals surface area contributed by atoms with Gasteiger partial charge in [-0.05, 0) is 42.5 Å². The number of carbonyl (C=O) groups is 2. The zero-order valence-corrected chi connectivity index (χ0v) is 14.9. The number of nitrogens with zero attached hydrogens (tertiary/aromatic N) is 3. The van der Waals surface area contributed by atoms with Gasteiger partial charge in [0.15, 0.2) is 0 Å². The zero-order chi connectivity index (χ0) is 19.5. The van der Waals surface area contributed by atoms with E-state index in [-0.39, 0.29) is 11.6 Å². The number of aromatic nitrogens is 1. The first-order valence-corrected chi connectivity index (χ1v) is 8.79. The summed E-state index contributed by atoms with van der Waals surface area (Å²) in [5.41, 5.74) is 1.52. The summed E-state index contributed by atoms with van der Waals surface area (Å²) >= 11 is 0. The third-order valence-corrected chi connectivity index (χ3v) is 4.45. The van der Waals surface area contributed by atoms with E-state index in [1.165, 1.54) is 24.4 Å². The largest absolute Gasteiger partial charge is 0.330 e. The van der Waals surface area contributed by atoms with Crippen molar-refractivity contribution < 1.29 is 14.0 Å². The van der Waals surface area contributed by atoms with E-state index in [0.717, 1.165) is 11.8 Å². The average molecular weight is 376 g/mol. The number of hydrogen-bond donors (Lipinski definition) is 1. The lowest BCUT2D eigenvalue weighted by Crippen LogP contribution is -2.32. The number of rotatable bonds is 4. The molecule has 140 valence electrons. The maximum absolute atomic E-state index is 13.2. The number of nitrogens with one attached hydrogen (secondary N) is 1. The molecule has 1 fully saturated rings. The lowest BCUT2D eigenvalue weighted by Gasteiger charge is -2.18. The Balaban J connectivity index is 1.45. The minimum absolute atomic E-state index is 0.143. The second-order valence-corrected chi connectivity index (χ2v) is 6.29. The lowest BCUT2D eigenvalue weighted by molar-refractivity contribution is 0.102. The van der Waals surface area contributed by atoms with Crippen molar-refractivity contribution in [1.82, 2.24) is 4.98 Å². The second kappa shape index (κ2) is 7.48. The van der Waals surface area contributed by atoms with Crippen LogP contribution in [0.5, 0.6) is 0 Å². The molecular weight excluding hydrogens is 359 g/mol. The Bertz CT molecular complexity index is 1010. The quantitative estimate of drug-likeness (QED) is 0.751. The van der Waals surface area contributed by atoms with E-state index in [1.807, 2.05) is 30.3 Å². The van der Waals surface area contributed by atoms with Gasteiger partial charge in [0.05, 0.1) is 11.9 Å². The van der Waals surface area contributed by atoms with Crippen LogP contribution in [0.3, 0.4) is 0 Å². The first-order valence-electron chi connectivity index (χ1n) is 8.79. The number of para-hydroxylation sites is 1. The summed E-state index contributed by atoms with van der Waals surface area (Å²) in [7, 11) is 0. The molecule has 2 aromatic carbocycles. The number of carbonyl (C=O) groups excluding carboxylic acids is 2. The molecule has 2 heterocycles. The predicted molar refractivity (Wildman–Crippen MR) is 105 cm³/mol. The van der Waals surface area contributed by atoms with Gasteiger partial charge < -0.3 is 5.32 Å². The van der Waals surface area contributed by atoms with Gasteiger partial charge in [0.1, 0.15) is 11.6 Å². The predicted octanol–water partition coefficient (Wildman–Crippen LogP) is 3.92. The van der Waals surface area contributed by atoms with Gasteiger partial charge in [-0.15, -0.1) is 0 Å². The van der Waals surface area contributed by atoms with Crippen LogP contribution in [0.1, 0.15) is 10.4 Å². The van der Waals surface area contributed by atoms with Crippen LogP contribution >= 0.6 is 0 Å². The van der Waals surface area contributed by atoms with Crippen molar-refractivity contribution in [3.63, 3.8) is 0 Å². The van der Waals surface area contributed by atoms with E-state index in [2.05, 4.69) is 10.3 Å². The fraction of sp³-hybridized carbons (Fsp3) is 0.0952. The first kappa shape index (κ1) is 17.7. The maximum atomic E-state index is 13.2. The molecule has 0 spiro atoms. The number of urea groups is 1. The van der Waals surface area contributed by atoms with Gasteiger partial charge in [-0.25, -0.2) is 14.2 Å². The molecule has 0 saturated carbocycles. The molecule has 0 aliphatic carbocycles. The molecule has 1 aliphatic heterocycles. The maximum Gasteiger partial charge on any atom is 0.330 e. The Morgan fingerprint density at radius 1 is 0.964 bits per heavy atom. The highest BCUT2D eigenvalue weighted by atomic mass is 19.1. The number of amides is 3. The molecule has 0 bridgehead atoms. The Kier molecular flexibility index (Phi) is 4.72. The Labute approximate surface area is 161 Å². The Hall–Kier alpha value is -3.74. The van der Waals surface area contributed by atoms with E-state index in [4.69, 9.17) is 0 Å². The van der Waals surface area contributed by atoms with Gasteiger partial charge in [0.2, 0.25) is 0 Å². The molecule has 1 N–H and O–H groups in total. The molecule has 1 saturated heterocycles. The highest BCUT2D eigenvalue weighted by molar-refractivity contribution is 6.06. The second-order valence-electron chi connectivity index (χ2n) is 6.29. The normalized spacial score (nSPS) is 13.7. The number of benzene rings is 2. The minimum atomic E-state index is -0.475. The zero-order valence-electron chi connectivity index (χ0n) is 14.9. The summed E-state index contributed by atoms with van der Waals surface area (Å²) < 4.78 is 13.2. The third-order valence-electron chi connectivity index (χ3n) is 4.45. The summed E-state index contributed by atoms with van der Waals surface area (Å²) in [6.07, 6.45) is 1.48. The lowest BCUT2D eigenvalue weighted by atomic mass is 10.2. The van der Waals surface area contributed by atoms with E-state index in [9.17, 15) is 14.0 Å².